The Morgan fingerprint density at radius 3 is 2.56 bits per heavy atom. The van der Waals surface area contributed by atoms with Crippen LogP contribution in [0.4, 0.5) is 0 Å². The molecule has 0 radical (unpaired) electrons. The van der Waals surface area contributed by atoms with Gasteiger partial charge in [-0.1, -0.05) is 24.3 Å². The Balaban J connectivity index is 2.71. The van der Waals surface area contributed by atoms with E-state index in [1.165, 1.54) is 6.07 Å². The van der Waals surface area contributed by atoms with E-state index in [0.717, 1.165) is 0 Å². The largest absolute Gasteiger partial charge is 0.506 e. The van der Waals surface area contributed by atoms with Crippen LogP contribution in [-0.2, 0) is 4.79 Å². The van der Waals surface area contributed by atoms with Crippen LogP contribution in [0.2, 0.25) is 0 Å². The van der Waals surface area contributed by atoms with Gasteiger partial charge in [0.2, 0.25) is 0 Å². The van der Waals surface area contributed by atoms with E-state index in [1.54, 1.807) is 24.3 Å². The molecule has 0 spiro atoms. The Bertz CT molecular complexity index is 618. The zero-order valence-corrected chi connectivity index (χ0v) is 9.29. The molecule has 0 unspecified atom stereocenters. The molecule has 2 aromatic rings. The van der Waals surface area contributed by atoms with Crippen LogP contribution in [-0.4, -0.2) is 29.1 Å². The summed E-state index contributed by atoms with van der Waals surface area (Å²) < 4.78 is 5.17. The van der Waals surface area contributed by atoms with Gasteiger partial charge in [0.1, 0.15) is 23.7 Å². The number of aromatic hydroxyl groups is 1. The zero-order chi connectivity index (χ0) is 13.1. The highest BCUT2D eigenvalue weighted by atomic mass is 16.5. The van der Waals surface area contributed by atoms with Crippen LogP contribution in [0.1, 0.15) is 10.4 Å². The normalized spacial score (nSPS) is 10.2. The van der Waals surface area contributed by atoms with E-state index in [-0.39, 0.29) is 23.7 Å². The smallest absolute Gasteiger partial charge is 0.339 e. The number of hydrogen-bond acceptors (Lipinski definition) is 4. The van der Waals surface area contributed by atoms with Crippen molar-refractivity contribution in [2.45, 2.75) is 0 Å². The molecule has 18 heavy (non-hydrogen) atoms. The summed E-state index contributed by atoms with van der Waals surface area (Å²) in [6.07, 6.45) is 0.571. The summed E-state index contributed by atoms with van der Waals surface area (Å²) in [6.45, 7) is -0.173. The molecule has 0 saturated heterocycles. The lowest BCUT2D eigenvalue weighted by Crippen LogP contribution is -2.02. The molecule has 0 aromatic heterocycles. The number of benzene rings is 2. The fraction of sp³-hybridized carbons (Fsp3) is 0.0769. The maximum absolute atomic E-state index is 11.0. The molecule has 0 aliphatic carbocycles. The van der Waals surface area contributed by atoms with Crippen LogP contribution in [0.25, 0.3) is 10.8 Å². The summed E-state index contributed by atoms with van der Waals surface area (Å²) in [5.74, 6) is -1.31. The second-order valence-electron chi connectivity index (χ2n) is 3.60. The Morgan fingerprint density at radius 2 is 1.94 bits per heavy atom. The molecule has 2 rings (SSSR count). The Morgan fingerprint density at radius 1 is 1.28 bits per heavy atom. The number of phenols is 1. The predicted octanol–water partition coefficient (Wildman–Crippen LogP) is 1.82. The van der Waals surface area contributed by atoms with E-state index in [0.29, 0.717) is 17.1 Å². The quantitative estimate of drug-likeness (QED) is 0.804. The second kappa shape index (κ2) is 4.75. The van der Waals surface area contributed by atoms with Crippen molar-refractivity contribution in [2.75, 3.05) is 6.61 Å². The molecular formula is C13H10O5. The summed E-state index contributed by atoms with van der Waals surface area (Å²) in [5.41, 5.74) is -0.255. The van der Waals surface area contributed by atoms with Gasteiger partial charge in [-0.25, -0.2) is 4.79 Å². The Kier molecular flexibility index (Phi) is 3.14. The highest BCUT2D eigenvalue weighted by Gasteiger charge is 2.16. The van der Waals surface area contributed by atoms with E-state index in [1.807, 2.05) is 0 Å². The molecule has 0 amide bonds. The first-order valence-corrected chi connectivity index (χ1v) is 5.19. The maximum atomic E-state index is 11.0. The van der Waals surface area contributed by atoms with Crippen molar-refractivity contribution in [3.05, 3.63) is 35.9 Å². The molecule has 5 heteroatoms. The van der Waals surface area contributed by atoms with Crippen LogP contribution in [0.5, 0.6) is 11.5 Å². The fourth-order valence-corrected chi connectivity index (χ4v) is 1.73. The van der Waals surface area contributed by atoms with Gasteiger partial charge in [-0.3, -0.25) is 4.79 Å². The number of rotatable bonds is 4. The number of carboxylic acid groups (broad SMARTS) is 1. The lowest BCUT2D eigenvalue weighted by Gasteiger charge is -2.10. The van der Waals surface area contributed by atoms with Crippen molar-refractivity contribution in [3.8, 4) is 11.5 Å². The summed E-state index contributed by atoms with van der Waals surface area (Å²) in [5, 5.41) is 19.8. The monoisotopic (exact) mass is 246 g/mol. The van der Waals surface area contributed by atoms with E-state index < -0.39 is 5.97 Å². The first kappa shape index (κ1) is 11.9. The van der Waals surface area contributed by atoms with Crippen molar-refractivity contribution in [1.29, 1.82) is 0 Å². The molecule has 5 nitrogen and oxygen atoms in total. The fourth-order valence-electron chi connectivity index (χ4n) is 1.73. The Labute approximate surface area is 102 Å². The Hall–Kier alpha value is -2.56. The van der Waals surface area contributed by atoms with Crippen molar-refractivity contribution in [3.63, 3.8) is 0 Å². The summed E-state index contributed by atoms with van der Waals surface area (Å²) in [6, 6.07) is 7.89. The van der Waals surface area contributed by atoms with Crippen molar-refractivity contribution in [2.24, 2.45) is 0 Å². The minimum atomic E-state index is -1.26. The number of fused-ring (bicyclic) bond motifs is 1. The highest BCUT2D eigenvalue weighted by Crippen LogP contribution is 2.35. The van der Waals surface area contributed by atoms with Crippen molar-refractivity contribution >= 4 is 23.0 Å². The number of carbonyl (C=O) groups excluding carboxylic acids is 1. The van der Waals surface area contributed by atoms with Crippen LogP contribution < -0.4 is 4.74 Å². The number of aldehydes is 1. The van der Waals surface area contributed by atoms with E-state index in [9.17, 15) is 14.7 Å². The average Bonchev–Trinajstić information content (AvgIpc) is 2.38. The van der Waals surface area contributed by atoms with E-state index >= 15 is 0 Å². The topological polar surface area (TPSA) is 83.8 Å². The van der Waals surface area contributed by atoms with Gasteiger partial charge in [0.05, 0.1) is 0 Å². The average molecular weight is 246 g/mol. The van der Waals surface area contributed by atoms with Crippen LogP contribution >= 0.6 is 0 Å². The van der Waals surface area contributed by atoms with E-state index in [4.69, 9.17) is 9.84 Å². The molecule has 0 fully saturated rings. The van der Waals surface area contributed by atoms with Gasteiger partial charge in [0, 0.05) is 10.8 Å². The lowest BCUT2D eigenvalue weighted by atomic mass is 10.0. The molecule has 0 saturated carbocycles. The second-order valence-corrected chi connectivity index (χ2v) is 3.60. The third kappa shape index (κ3) is 1.98. The van der Waals surface area contributed by atoms with Gasteiger partial charge in [0.25, 0.3) is 0 Å². The summed E-state index contributed by atoms with van der Waals surface area (Å²) in [7, 11) is 0. The van der Waals surface area contributed by atoms with Gasteiger partial charge < -0.3 is 14.9 Å². The molecule has 0 heterocycles. The molecule has 0 aliphatic rings. The van der Waals surface area contributed by atoms with Gasteiger partial charge in [-0.2, -0.15) is 0 Å². The molecule has 0 bridgehead atoms. The zero-order valence-electron chi connectivity index (χ0n) is 9.29. The predicted molar refractivity (Wildman–Crippen MR) is 64.1 cm³/mol. The minimum Gasteiger partial charge on any atom is -0.506 e. The van der Waals surface area contributed by atoms with Gasteiger partial charge in [0.15, 0.2) is 6.29 Å². The minimum absolute atomic E-state index is 0.173. The third-order valence-electron chi connectivity index (χ3n) is 2.52. The third-order valence-corrected chi connectivity index (χ3v) is 2.52. The van der Waals surface area contributed by atoms with Gasteiger partial charge in [-0.05, 0) is 6.07 Å². The summed E-state index contributed by atoms with van der Waals surface area (Å²) >= 11 is 0. The number of hydrogen-bond donors (Lipinski definition) is 2. The van der Waals surface area contributed by atoms with Crippen molar-refractivity contribution in [1.82, 2.24) is 0 Å². The van der Waals surface area contributed by atoms with Gasteiger partial charge >= 0.3 is 5.97 Å². The van der Waals surface area contributed by atoms with Crippen LogP contribution in [0.3, 0.4) is 0 Å². The molecule has 2 N–H and O–H groups in total. The van der Waals surface area contributed by atoms with E-state index in [2.05, 4.69) is 0 Å². The number of carbonyl (C=O) groups is 2. The lowest BCUT2D eigenvalue weighted by molar-refractivity contribution is -0.109. The standard InChI is InChI=1S/C13H10O5/c14-5-6-18-11-7-10(13(16)17)12(15)9-4-2-1-3-8(9)11/h1-5,7,15H,6H2,(H,16,17). The first-order chi connectivity index (χ1) is 8.65. The molecule has 92 valence electrons. The maximum Gasteiger partial charge on any atom is 0.339 e. The van der Waals surface area contributed by atoms with Crippen molar-refractivity contribution < 1.29 is 24.5 Å². The van der Waals surface area contributed by atoms with Crippen LogP contribution in [0, 0.1) is 0 Å². The molecular weight excluding hydrogens is 236 g/mol. The SMILES string of the molecule is O=CCOc1cc(C(=O)O)c(O)c2ccccc12. The first-order valence-electron chi connectivity index (χ1n) is 5.19. The van der Waals surface area contributed by atoms with Gasteiger partial charge in [-0.15, -0.1) is 0 Å². The molecule has 2 aromatic carbocycles. The number of carboxylic acids is 1. The number of ether oxygens (including phenoxy) is 1. The molecule has 0 aliphatic heterocycles. The van der Waals surface area contributed by atoms with Crippen LogP contribution in [0.15, 0.2) is 30.3 Å². The summed E-state index contributed by atoms with van der Waals surface area (Å²) in [4.78, 5) is 21.3. The number of aromatic carboxylic acids is 1. The molecule has 0 atom stereocenters. The highest BCUT2D eigenvalue weighted by molar-refractivity contribution is 6.03.